The second-order valence-corrected chi connectivity index (χ2v) is 6.45. The van der Waals surface area contributed by atoms with Crippen LogP contribution in [0.15, 0.2) is 12.2 Å². The number of hydrogen-bond donors (Lipinski definition) is 1. The summed E-state index contributed by atoms with van der Waals surface area (Å²) in [6.45, 7) is 17.6. The summed E-state index contributed by atoms with van der Waals surface area (Å²) < 4.78 is 0. The maximum atomic E-state index is 3.98. The number of nitrogens with zero attached hydrogens (tertiary/aromatic N) is 1. The molecule has 0 spiro atoms. The van der Waals surface area contributed by atoms with E-state index in [9.17, 15) is 0 Å². The maximum absolute atomic E-state index is 3.98. The molecule has 0 aliphatic carbocycles. The Morgan fingerprint density at radius 2 is 1.82 bits per heavy atom. The molecule has 1 saturated heterocycles. The van der Waals surface area contributed by atoms with E-state index in [2.05, 4.69) is 44.5 Å². The molecule has 1 N–H and O–H groups in total. The minimum Gasteiger partial charge on any atom is -0.313 e. The van der Waals surface area contributed by atoms with Gasteiger partial charge >= 0.3 is 0 Å². The average molecular weight is 261 g/mol. The Kier molecular flexibility index (Phi) is 7.38. The van der Waals surface area contributed by atoms with E-state index in [4.69, 9.17) is 0 Å². The first-order chi connectivity index (χ1) is 7.37. The fourth-order valence-corrected chi connectivity index (χ4v) is 2.13. The zero-order valence-corrected chi connectivity index (χ0v) is 12.7. The van der Waals surface area contributed by atoms with Crippen molar-refractivity contribution >= 4 is 12.4 Å². The van der Waals surface area contributed by atoms with Crippen molar-refractivity contribution in [1.82, 2.24) is 10.2 Å². The van der Waals surface area contributed by atoms with Crippen molar-refractivity contribution in [2.75, 3.05) is 26.2 Å². The van der Waals surface area contributed by atoms with Gasteiger partial charge in [0.25, 0.3) is 0 Å². The van der Waals surface area contributed by atoms with Crippen LogP contribution in [0.4, 0.5) is 0 Å². The summed E-state index contributed by atoms with van der Waals surface area (Å²) in [7, 11) is 0. The van der Waals surface area contributed by atoms with Crippen molar-refractivity contribution in [3.05, 3.63) is 12.2 Å². The molecule has 1 heterocycles. The van der Waals surface area contributed by atoms with Crippen LogP contribution >= 0.6 is 12.4 Å². The van der Waals surface area contributed by atoms with E-state index in [-0.39, 0.29) is 12.4 Å². The summed E-state index contributed by atoms with van der Waals surface area (Å²) in [4.78, 5) is 2.51. The number of nitrogens with one attached hydrogen (secondary N) is 1. The molecule has 0 aromatic heterocycles. The smallest absolute Gasteiger partial charge is 0.0187 e. The third-order valence-electron chi connectivity index (χ3n) is 3.00. The Morgan fingerprint density at radius 1 is 1.29 bits per heavy atom. The predicted octanol–water partition coefficient (Wildman–Crippen LogP) is 3.08. The van der Waals surface area contributed by atoms with Crippen LogP contribution in [0.1, 0.15) is 40.5 Å². The molecule has 102 valence electrons. The molecule has 0 radical (unpaired) electrons. The van der Waals surface area contributed by atoms with Gasteiger partial charge in [0.05, 0.1) is 0 Å². The Morgan fingerprint density at radius 3 is 2.24 bits per heavy atom. The lowest BCUT2D eigenvalue weighted by Gasteiger charge is -2.34. The molecular formula is C14H29ClN2. The largest absolute Gasteiger partial charge is 0.313 e. The normalized spacial score (nSPS) is 18.8. The molecule has 0 atom stereocenters. The van der Waals surface area contributed by atoms with Gasteiger partial charge < -0.3 is 5.32 Å². The molecule has 17 heavy (non-hydrogen) atoms. The molecule has 1 rings (SSSR count). The number of hydrogen-bond acceptors (Lipinski definition) is 2. The van der Waals surface area contributed by atoms with E-state index in [1.165, 1.54) is 31.5 Å². The van der Waals surface area contributed by atoms with Crippen LogP contribution in [0.3, 0.4) is 0 Å². The monoisotopic (exact) mass is 260 g/mol. The highest BCUT2D eigenvalue weighted by Gasteiger charge is 2.20. The third-order valence-corrected chi connectivity index (χ3v) is 3.00. The van der Waals surface area contributed by atoms with Gasteiger partial charge in [-0.3, -0.25) is 4.90 Å². The van der Waals surface area contributed by atoms with Crippen LogP contribution < -0.4 is 5.32 Å². The standard InChI is InChI=1S/C14H28N2.ClH/c1-12(2)10-16-8-6-13(7-9-16)15-11-14(3,4)5;/h13,15H,1,6-11H2,2-5H3;1H. The SMILES string of the molecule is C=C(C)CN1CCC(NCC(C)(C)C)CC1.Cl. The van der Waals surface area contributed by atoms with E-state index < -0.39 is 0 Å². The van der Waals surface area contributed by atoms with Crippen LogP contribution in [-0.4, -0.2) is 37.1 Å². The van der Waals surface area contributed by atoms with Gasteiger partial charge in [0, 0.05) is 19.1 Å². The van der Waals surface area contributed by atoms with Gasteiger partial charge in [0.1, 0.15) is 0 Å². The molecular weight excluding hydrogens is 232 g/mol. The first kappa shape index (κ1) is 16.9. The highest BCUT2D eigenvalue weighted by Crippen LogP contribution is 2.15. The van der Waals surface area contributed by atoms with Gasteiger partial charge in [0.2, 0.25) is 0 Å². The third kappa shape index (κ3) is 7.80. The predicted molar refractivity (Wildman–Crippen MR) is 79.0 cm³/mol. The van der Waals surface area contributed by atoms with Gasteiger partial charge in [-0.05, 0) is 38.3 Å². The van der Waals surface area contributed by atoms with Crippen molar-refractivity contribution in [2.24, 2.45) is 5.41 Å². The first-order valence-corrected chi connectivity index (χ1v) is 6.47. The van der Waals surface area contributed by atoms with Crippen LogP contribution in [0.2, 0.25) is 0 Å². The molecule has 0 bridgehead atoms. The van der Waals surface area contributed by atoms with Crippen LogP contribution in [-0.2, 0) is 0 Å². The second-order valence-electron chi connectivity index (χ2n) is 6.45. The minimum absolute atomic E-state index is 0. The van der Waals surface area contributed by atoms with E-state index in [0.717, 1.165) is 19.1 Å². The van der Waals surface area contributed by atoms with E-state index in [0.29, 0.717) is 5.41 Å². The zero-order chi connectivity index (χ0) is 12.2. The Hall–Kier alpha value is -0.0500. The molecule has 3 heteroatoms. The summed E-state index contributed by atoms with van der Waals surface area (Å²) in [6, 6.07) is 0.723. The summed E-state index contributed by atoms with van der Waals surface area (Å²) >= 11 is 0. The molecule has 1 aliphatic rings. The molecule has 1 aliphatic heterocycles. The number of halogens is 1. The van der Waals surface area contributed by atoms with Gasteiger partial charge in [0.15, 0.2) is 0 Å². The summed E-state index contributed by atoms with van der Waals surface area (Å²) in [6.07, 6.45) is 2.56. The zero-order valence-electron chi connectivity index (χ0n) is 11.9. The summed E-state index contributed by atoms with van der Waals surface area (Å²) in [5.74, 6) is 0. The van der Waals surface area contributed by atoms with E-state index in [1.807, 2.05) is 0 Å². The lowest BCUT2D eigenvalue weighted by molar-refractivity contribution is 0.202. The number of rotatable bonds is 4. The van der Waals surface area contributed by atoms with Gasteiger partial charge in [-0.15, -0.1) is 12.4 Å². The minimum atomic E-state index is 0. The molecule has 1 fully saturated rings. The molecule has 0 aromatic carbocycles. The fourth-order valence-electron chi connectivity index (χ4n) is 2.13. The van der Waals surface area contributed by atoms with Crippen molar-refractivity contribution in [2.45, 2.75) is 46.6 Å². The number of likely N-dealkylation sites (tertiary alicyclic amines) is 1. The van der Waals surface area contributed by atoms with Crippen molar-refractivity contribution in [1.29, 1.82) is 0 Å². The lowest BCUT2D eigenvalue weighted by atomic mass is 9.95. The highest BCUT2D eigenvalue weighted by atomic mass is 35.5. The van der Waals surface area contributed by atoms with Gasteiger partial charge in [-0.2, -0.15) is 0 Å². The maximum Gasteiger partial charge on any atom is 0.0187 e. The summed E-state index contributed by atoms with van der Waals surface area (Å²) in [5.41, 5.74) is 1.68. The first-order valence-electron chi connectivity index (χ1n) is 6.47. The quantitative estimate of drug-likeness (QED) is 0.782. The molecule has 0 saturated carbocycles. The Balaban J connectivity index is 0.00000256. The fraction of sp³-hybridized carbons (Fsp3) is 0.857. The van der Waals surface area contributed by atoms with E-state index in [1.54, 1.807) is 0 Å². The second kappa shape index (κ2) is 7.40. The van der Waals surface area contributed by atoms with Gasteiger partial charge in [-0.1, -0.05) is 32.9 Å². The van der Waals surface area contributed by atoms with Crippen LogP contribution in [0, 0.1) is 5.41 Å². The Labute approximate surface area is 113 Å². The summed E-state index contributed by atoms with van der Waals surface area (Å²) in [5, 5.41) is 3.69. The molecule has 0 amide bonds. The van der Waals surface area contributed by atoms with Crippen LogP contribution in [0.25, 0.3) is 0 Å². The molecule has 2 nitrogen and oxygen atoms in total. The highest BCUT2D eigenvalue weighted by molar-refractivity contribution is 5.85. The van der Waals surface area contributed by atoms with Gasteiger partial charge in [-0.25, -0.2) is 0 Å². The van der Waals surface area contributed by atoms with E-state index >= 15 is 0 Å². The molecule has 0 unspecified atom stereocenters. The number of piperidine rings is 1. The van der Waals surface area contributed by atoms with Crippen molar-refractivity contribution < 1.29 is 0 Å². The topological polar surface area (TPSA) is 15.3 Å². The average Bonchev–Trinajstić information content (AvgIpc) is 2.14. The van der Waals surface area contributed by atoms with Crippen molar-refractivity contribution in [3.8, 4) is 0 Å². The molecule has 0 aromatic rings. The lowest BCUT2D eigenvalue weighted by Crippen LogP contribution is -2.45. The van der Waals surface area contributed by atoms with Crippen LogP contribution in [0.5, 0.6) is 0 Å². The van der Waals surface area contributed by atoms with Crippen molar-refractivity contribution in [3.63, 3.8) is 0 Å². The Bertz CT molecular complexity index is 225.